The molecule has 0 spiro atoms. The van der Waals surface area contributed by atoms with Gasteiger partial charge in [-0.25, -0.2) is 8.42 Å². The first-order valence-electron chi connectivity index (χ1n) is 4.26. The van der Waals surface area contributed by atoms with Crippen molar-refractivity contribution in [3.63, 3.8) is 0 Å². The molecule has 7 heteroatoms. The van der Waals surface area contributed by atoms with Crippen molar-refractivity contribution >= 4 is 15.7 Å². The zero-order valence-corrected chi connectivity index (χ0v) is 9.01. The Kier molecular flexibility index (Phi) is 5.66. The zero-order valence-electron chi connectivity index (χ0n) is 8.19. The number of carbonyl (C=O) groups is 1. The first kappa shape index (κ1) is 13.3. The van der Waals surface area contributed by atoms with Gasteiger partial charge in [-0.1, -0.05) is 0 Å². The summed E-state index contributed by atoms with van der Waals surface area (Å²) >= 11 is 0. The average molecular weight is 223 g/mol. The van der Waals surface area contributed by atoms with E-state index in [9.17, 15) is 13.2 Å². The maximum Gasteiger partial charge on any atom is 0.235 e. The molecule has 5 N–H and O–H groups in total. The predicted molar refractivity (Wildman–Crippen MR) is 54.4 cm³/mol. The number of primary amides is 1. The summed E-state index contributed by atoms with van der Waals surface area (Å²) in [7, 11) is -2.90. The molecule has 0 aliphatic carbocycles. The largest absolute Gasteiger partial charge is 0.368 e. The summed E-state index contributed by atoms with van der Waals surface area (Å²) in [5, 5.41) is 2.85. The normalized spacial score (nSPS) is 13.9. The topological polar surface area (TPSA) is 115 Å². The maximum absolute atomic E-state index is 10.7. The number of amides is 1. The first-order chi connectivity index (χ1) is 6.33. The Morgan fingerprint density at radius 2 is 2.07 bits per heavy atom. The van der Waals surface area contributed by atoms with E-state index in [4.69, 9.17) is 11.5 Å². The van der Waals surface area contributed by atoms with E-state index >= 15 is 0 Å². The number of sulfone groups is 1. The molecule has 1 atom stereocenters. The Morgan fingerprint density at radius 1 is 1.50 bits per heavy atom. The van der Waals surface area contributed by atoms with Crippen LogP contribution in [0.15, 0.2) is 0 Å². The van der Waals surface area contributed by atoms with Gasteiger partial charge in [0.25, 0.3) is 0 Å². The van der Waals surface area contributed by atoms with Crippen molar-refractivity contribution in [3.05, 3.63) is 0 Å². The summed E-state index contributed by atoms with van der Waals surface area (Å²) in [5.41, 5.74) is 10.2. The van der Waals surface area contributed by atoms with Crippen LogP contribution in [0.3, 0.4) is 0 Å². The second-order valence-corrected chi connectivity index (χ2v) is 5.46. The fraction of sp³-hybridized carbons (Fsp3) is 0.857. The summed E-state index contributed by atoms with van der Waals surface area (Å²) in [6, 6.07) is -0.715. The number of carbonyl (C=O) groups excluding carboxylic acids is 1. The van der Waals surface area contributed by atoms with Crippen LogP contribution in [-0.2, 0) is 14.6 Å². The second kappa shape index (κ2) is 5.94. The van der Waals surface area contributed by atoms with Gasteiger partial charge in [0, 0.05) is 12.8 Å². The lowest BCUT2D eigenvalue weighted by Gasteiger charge is -2.08. The van der Waals surface area contributed by atoms with Crippen LogP contribution in [0.2, 0.25) is 0 Å². The van der Waals surface area contributed by atoms with Gasteiger partial charge in [-0.3, -0.25) is 4.79 Å². The standard InChI is InChI=1S/C7H17N3O3S/c1-14(12,13)4-2-3-10-5-6(8)7(9)11/h6,10H,2-5,8H2,1H3,(H2,9,11). The maximum atomic E-state index is 10.7. The molecule has 0 saturated heterocycles. The van der Waals surface area contributed by atoms with Gasteiger partial charge in [0.05, 0.1) is 11.8 Å². The van der Waals surface area contributed by atoms with E-state index < -0.39 is 21.8 Å². The third-order valence-electron chi connectivity index (χ3n) is 1.60. The highest BCUT2D eigenvalue weighted by Gasteiger charge is 2.07. The van der Waals surface area contributed by atoms with E-state index in [0.717, 1.165) is 0 Å². The van der Waals surface area contributed by atoms with Crippen molar-refractivity contribution in [2.45, 2.75) is 12.5 Å². The molecule has 0 aliphatic rings. The monoisotopic (exact) mass is 223 g/mol. The number of nitrogens with two attached hydrogens (primary N) is 2. The number of hydrogen-bond donors (Lipinski definition) is 3. The van der Waals surface area contributed by atoms with Gasteiger partial charge in [0.1, 0.15) is 9.84 Å². The van der Waals surface area contributed by atoms with Gasteiger partial charge < -0.3 is 16.8 Å². The van der Waals surface area contributed by atoms with Crippen molar-refractivity contribution < 1.29 is 13.2 Å². The van der Waals surface area contributed by atoms with Crippen LogP contribution in [0.4, 0.5) is 0 Å². The van der Waals surface area contributed by atoms with Crippen LogP contribution >= 0.6 is 0 Å². The molecule has 0 saturated carbocycles. The van der Waals surface area contributed by atoms with E-state index in [1.165, 1.54) is 6.26 Å². The van der Waals surface area contributed by atoms with Crippen molar-refractivity contribution in [1.29, 1.82) is 0 Å². The summed E-state index contributed by atoms with van der Waals surface area (Å²) in [6.07, 6.45) is 1.69. The molecule has 0 bridgehead atoms. The van der Waals surface area contributed by atoms with Crippen molar-refractivity contribution in [2.24, 2.45) is 11.5 Å². The third-order valence-corrected chi connectivity index (χ3v) is 2.63. The molecule has 0 aromatic rings. The smallest absolute Gasteiger partial charge is 0.235 e. The quantitative estimate of drug-likeness (QED) is 0.425. The predicted octanol–water partition coefficient (Wildman–Crippen LogP) is -2.18. The van der Waals surface area contributed by atoms with Crippen molar-refractivity contribution in [1.82, 2.24) is 5.32 Å². The minimum absolute atomic E-state index is 0.131. The molecule has 0 heterocycles. The number of nitrogens with one attached hydrogen (secondary N) is 1. The summed E-state index contributed by atoms with van der Waals surface area (Å²) < 4.78 is 21.4. The Morgan fingerprint density at radius 3 is 2.50 bits per heavy atom. The molecule has 0 fully saturated rings. The van der Waals surface area contributed by atoms with E-state index in [0.29, 0.717) is 13.0 Å². The minimum Gasteiger partial charge on any atom is -0.368 e. The molecular weight excluding hydrogens is 206 g/mol. The van der Waals surface area contributed by atoms with Gasteiger partial charge in [0.2, 0.25) is 5.91 Å². The lowest BCUT2D eigenvalue weighted by molar-refractivity contribution is -0.119. The molecule has 1 unspecified atom stereocenters. The lowest BCUT2D eigenvalue weighted by Crippen LogP contribution is -2.44. The molecule has 0 aliphatic heterocycles. The van der Waals surface area contributed by atoms with Crippen LogP contribution in [0, 0.1) is 0 Å². The lowest BCUT2D eigenvalue weighted by atomic mass is 10.3. The molecule has 0 aromatic carbocycles. The van der Waals surface area contributed by atoms with Crippen LogP contribution < -0.4 is 16.8 Å². The SMILES string of the molecule is CS(=O)(=O)CCCNCC(N)C(N)=O. The fourth-order valence-electron chi connectivity index (χ4n) is 0.818. The van der Waals surface area contributed by atoms with Crippen molar-refractivity contribution in [2.75, 3.05) is 25.1 Å². The Balaban J connectivity index is 3.44. The summed E-state index contributed by atoms with van der Waals surface area (Å²) in [5.74, 6) is -0.438. The first-order valence-corrected chi connectivity index (χ1v) is 6.32. The Hall–Kier alpha value is -0.660. The highest BCUT2D eigenvalue weighted by molar-refractivity contribution is 7.90. The van der Waals surface area contributed by atoms with Gasteiger partial charge in [-0.05, 0) is 13.0 Å². The van der Waals surface area contributed by atoms with Gasteiger partial charge in [0.15, 0.2) is 0 Å². The van der Waals surface area contributed by atoms with E-state index in [1.807, 2.05) is 0 Å². The Bertz CT molecular complexity index is 276. The van der Waals surface area contributed by atoms with Crippen LogP contribution in [-0.4, -0.2) is 45.5 Å². The Labute approximate surface area is 83.9 Å². The van der Waals surface area contributed by atoms with E-state index in [2.05, 4.69) is 5.32 Å². The summed E-state index contributed by atoms with van der Waals surface area (Å²) in [6.45, 7) is 0.785. The summed E-state index contributed by atoms with van der Waals surface area (Å²) in [4.78, 5) is 10.5. The fourth-order valence-corrected chi connectivity index (χ4v) is 1.49. The van der Waals surface area contributed by atoms with E-state index in [1.54, 1.807) is 0 Å². The van der Waals surface area contributed by atoms with E-state index in [-0.39, 0.29) is 12.3 Å². The molecule has 0 radical (unpaired) electrons. The average Bonchev–Trinajstić information content (AvgIpc) is 2.01. The molecule has 0 aromatic heterocycles. The van der Waals surface area contributed by atoms with Gasteiger partial charge in [-0.2, -0.15) is 0 Å². The zero-order chi connectivity index (χ0) is 11.2. The highest BCUT2D eigenvalue weighted by atomic mass is 32.2. The molecule has 14 heavy (non-hydrogen) atoms. The molecule has 1 amide bonds. The van der Waals surface area contributed by atoms with Gasteiger partial charge in [-0.15, -0.1) is 0 Å². The molecular formula is C7H17N3O3S. The molecule has 0 rings (SSSR count). The molecule has 6 nitrogen and oxygen atoms in total. The van der Waals surface area contributed by atoms with Crippen molar-refractivity contribution in [3.8, 4) is 0 Å². The van der Waals surface area contributed by atoms with Gasteiger partial charge >= 0.3 is 0 Å². The number of rotatable bonds is 7. The molecule has 84 valence electrons. The number of hydrogen-bond acceptors (Lipinski definition) is 5. The highest BCUT2D eigenvalue weighted by Crippen LogP contribution is 1.86. The van der Waals surface area contributed by atoms with Crippen LogP contribution in [0.25, 0.3) is 0 Å². The minimum atomic E-state index is -2.90. The van der Waals surface area contributed by atoms with Crippen LogP contribution in [0.1, 0.15) is 6.42 Å². The van der Waals surface area contributed by atoms with Crippen LogP contribution in [0.5, 0.6) is 0 Å². The second-order valence-electron chi connectivity index (χ2n) is 3.20. The third kappa shape index (κ3) is 7.96.